The molecular formula is C15H22F6O4. The van der Waals surface area contributed by atoms with E-state index in [1.54, 1.807) is 20.8 Å². The van der Waals surface area contributed by atoms with Crippen molar-refractivity contribution < 1.29 is 45.4 Å². The average Bonchev–Trinajstić information content (AvgIpc) is 2.38. The Bertz CT molecular complexity index is 456. The number of rotatable bonds is 7. The highest BCUT2D eigenvalue weighted by Gasteiger charge is 2.60. The fraction of sp³-hybridized carbons (Fsp3) is 0.867. The topological polar surface area (TPSA) is 52.6 Å². The Morgan fingerprint density at radius 3 is 1.68 bits per heavy atom. The molecule has 148 valence electrons. The van der Waals surface area contributed by atoms with Crippen molar-refractivity contribution in [2.45, 2.75) is 59.5 Å². The number of carbonyl (C=O) groups is 2. The summed E-state index contributed by atoms with van der Waals surface area (Å²) in [5, 5.41) is 0. The number of esters is 2. The Balaban J connectivity index is 4.95. The van der Waals surface area contributed by atoms with Crippen LogP contribution in [0, 0.1) is 17.3 Å². The second-order valence-corrected chi connectivity index (χ2v) is 6.70. The highest BCUT2D eigenvalue weighted by Crippen LogP contribution is 2.37. The predicted octanol–water partition coefficient (Wildman–Crippen LogP) is 4.27. The van der Waals surface area contributed by atoms with E-state index in [1.807, 2.05) is 13.8 Å². The summed E-state index contributed by atoms with van der Waals surface area (Å²) in [5.74, 6) is -2.96. The Morgan fingerprint density at radius 2 is 1.36 bits per heavy atom. The molecule has 0 spiro atoms. The average molecular weight is 380 g/mol. The van der Waals surface area contributed by atoms with Gasteiger partial charge in [0, 0.05) is 0 Å². The zero-order valence-corrected chi connectivity index (χ0v) is 14.5. The van der Waals surface area contributed by atoms with Crippen molar-refractivity contribution in [3.05, 3.63) is 0 Å². The SMILES string of the molecule is CC(C)CC(C)(C(=O)OCC(=O)OC(C(F)(F)F)C(F)(F)F)C(C)C. The number of hydrogen-bond acceptors (Lipinski definition) is 4. The van der Waals surface area contributed by atoms with Crippen molar-refractivity contribution in [1.29, 1.82) is 0 Å². The van der Waals surface area contributed by atoms with Gasteiger partial charge in [0.2, 0.25) is 0 Å². The lowest BCUT2D eigenvalue weighted by atomic mass is 9.73. The summed E-state index contributed by atoms with van der Waals surface area (Å²) < 4.78 is 81.9. The van der Waals surface area contributed by atoms with Gasteiger partial charge in [-0.1, -0.05) is 27.7 Å². The molecule has 1 atom stereocenters. The summed E-state index contributed by atoms with van der Waals surface area (Å²) in [6.45, 7) is 7.32. The van der Waals surface area contributed by atoms with Crippen LogP contribution in [0.4, 0.5) is 26.3 Å². The first-order valence-corrected chi connectivity index (χ1v) is 7.52. The lowest BCUT2D eigenvalue weighted by Gasteiger charge is -2.32. The third kappa shape index (κ3) is 7.11. The maximum atomic E-state index is 12.3. The van der Waals surface area contributed by atoms with Gasteiger partial charge in [0.15, 0.2) is 6.61 Å². The molecule has 0 aliphatic rings. The van der Waals surface area contributed by atoms with Crippen LogP contribution in [-0.2, 0) is 19.1 Å². The Labute approximate surface area is 141 Å². The van der Waals surface area contributed by atoms with E-state index < -0.39 is 42.4 Å². The summed E-state index contributed by atoms with van der Waals surface area (Å²) in [4.78, 5) is 23.4. The molecule has 0 aromatic rings. The van der Waals surface area contributed by atoms with Gasteiger partial charge in [0.25, 0.3) is 6.10 Å². The Kier molecular flexibility index (Phi) is 7.78. The molecule has 0 aliphatic heterocycles. The highest BCUT2D eigenvalue weighted by molar-refractivity contribution is 5.80. The molecule has 0 radical (unpaired) electrons. The summed E-state index contributed by atoms with van der Waals surface area (Å²) in [6.07, 6.45) is -15.5. The van der Waals surface area contributed by atoms with Gasteiger partial charge in [-0.15, -0.1) is 0 Å². The first-order chi connectivity index (χ1) is 11.0. The van der Waals surface area contributed by atoms with Crippen molar-refractivity contribution in [2.75, 3.05) is 6.61 Å². The third-order valence-corrected chi connectivity index (χ3v) is 3.74. The van der Waals surface area contributed by atoms with Gasteiger partial charge in [0.05, 0.1) is 5.41 Å². The van der Waals surface area contributed by atoms with Crippen LogP contribution in [0.5, 0.6) is 0 Å². The second-order valence-electron chi connectivity index (χ2n) is 6.70. The third-order valence-electron chi connectivity index (χ3n) is 3.74. The molecular weight excluding hydrogens is 358 g/mol. The van der Waals surface area contributed by atoms with Crippen LogP contribution in [0.3, 0.4) is 0 Å². The largest absolute Gasteiger partial charge is 0.453 e. The van der Waals surface area contributed by atoms with E-state index in [1.165, 1.54) is 0 Å². The lowest BCUT2D eigenvalue weighted by Crippen LogP contribution is -2.46. The normalized spacial score (nSPS) is 15.4. The van der Waals surface area contributed by atoms with Gasteiger partial charge >= 0.3 is 24.3 Å². The number of hydrogen-bond donors (Lipinski definition) is 0. The molecule has 0 rings (SSSR count). The maximum absolute atomic E-state index is 12.3. The zero-order valence-electron chi connectivity index (χ0n) is 14.5. The van der Waals surface area contributed by atoms with E-state index in [2.05, 4.69) is 9.47 Å². The van der Waals surface area contributed by atoms with E-state index in [9.17, 15) is 35.9 Å². The van der Waals surface area contributed by atoms with Crippen LogP contribution in [0.25, 0.3) is 0 Å². The lowest BCUT2D eigenvalue weighted by molar-refractivity contribution is -0.313. The molecule has 0 saturated heterocycles. The number of alkyl halides is 6. The second kappa shape index (κ2) is 8.27. The molecule has 0 saturated carbocycles. The van der Waals surface area contributed by atoms with Crippen LogP contribution in [-0.4, -0.2) is 37.0 Å². The monoisotopic (exact) mass is 380 g/mol. The van der Waals surface area contributed by atoms with Crippen LogP contribution < -0.4 is 0 Å². The molecule has 10 heteroatoms. The predicted molar refractivity (Wildman–Crippen MR) is 75.3 cm³/mol. The zero-order chi connectivity index (χ0) is 20.2. The molecule has 0 aliphatic carbocycles. The van der Waals surface area contributed by atoms with Crippen LogP contribution in [0.2, 0.25) is 0 Å². The van der Waals surface area contributed by atoms with E-state index in [-0.39, 0.29) is 11.8 Å². The van der Waals surface area contributed by atoms with Gasteiger partial charge < -0.3 is 9.47 Å². The minimum Gasteiger partial charge on any atom is -0.453 e. The minimum atomic E-state index is -5.82. The van der Waals surface area contributed by atoms with Crippen molar-refractivity contribution in [3.63, 3.8) is 0 Å². The Hall–Kier alpha value is -1.48. The minimum absolute atomic E-state index is 0.0757. The fourth-order valence-electron chi connectivity index (χ4n) is 2.18. The molecule has 4 nitrogen and oxygen atoms in total. The smallest absolute Gasteiger partial charge is 0.434 e. The van der Waals surface area contributed by atoms with Gasteiger partial charge in [-0.05, 0) is 25.2 Å². The summed E-state index contributed by atoms with van der Waals surface area (Å²) in [5.41, 5.74) is -1.04. The molecule has 1 unspecified atom stereocenters. The van der Waals surface area contributed by atoms with E-state index in [4.69, 9.17) is 0 Å². The Morgan fingerprint density at radius 1 is 0.920 bits per heavy atom. The van der Waals surface area contributed by atoms with Crippen molar-refractivity contribution in [3.8, 4) is 0 Å². The van der Waals surface area contributed by atoms with Gasteiger partial charge in [0.1, 0.15) is 0 Å². The first-order valence-electron chi connectivity index (χ1n) is 7.52. The number of halogens is 6. The molecule has 0 aromatic heterocycles. The van der Waals surface area contributed by atoms with E-state index >= 15 is 0 Å². The molecule has 0 amide bonds. The summed E-state index contributed by atoms with van der Waals surface area (Å²) in [7, 11) is 0. The molecule has 0 heterocycles. The van der Waals surface area contributed by atoms with Crippen LogP contribution in [0.1, 0.15) is 41.0 Å². The first kappa shape index (κ1) is 23.5. The van der Waals surface area contributed by atoms with Crippen molar-refractivity contribution in [1.82, 2.24) is 0 Å². The molecule has 25 heavy (non-hydrogen) atoms. The molecule has 0 fully saturated rings. The van der Waals surface area contributed by atoms with Crippen molar-refractivity contribution in [2.24, 2.45) is 17.3 Å². The standard InChI is InChI=1S/C15H22F6O4/c1-8(2)6-13(5,9(3)4)12(23)24-7-10(22)25-11(14(16,17)18)15(19,20)21/h8-9,11H,6-7H2,1-5H3. The van der Waals surface area contributed by atoms with Crippen LogP contribution >= 0.6 is 0 Å². The quantitative estimate of drug-likeness (QED) is 0.489. The van der Waals surface area contributed by atoms with Gasteiger partial charge in [-0.25, -0.2) is 4.79 Å². The van der Waals surface area contributed by atoms with Gasteiger partial charge in [-0.3, -0.25) is 4.79 Å². The number of ether oxygens (including phenoxy) is 2. The van der Waals surface area contributed by atoms with Gasteiger partial charge in [-0.2, -0.15) is 26.3 Å². The molecule has 0 bridgehead atoms. The van der Waals surface area contributed by atoms with E-state index in [0.717, 1.165) is 0 Å². The maximum Gasteiger partial charge on any atom is 0.434 e. The fourth-order valence-corrected chi connectivity index (χ4v) is 2.18. The van der Waals surface area contributed by atoms with E-state index in [0.29, 0.717) is 6.42 Å². The van der Waals surface area contributed by atoms with Crippen LogP contribution in [0.15, 0.2) is 0 Å². The van der Waals surface area contributed by atoms with Crippen molar-refractivity contribution >= 4 is 11.9 Å². The number of carbonyl (C=O) groups excluding carboxylic acids is 2. The molecule has 0 aromatic carbocycles. The highest BCUT2D eigenvalue weighted by atomic mass is 19.4. The molecule has 0 N–H and O–H groups in total. The summed E-state index contributed by atoms with van der Waals surface area (Å²) in [6, 6.07) is 0. The summed E-state index contributed by atoms with van der Waals surface area (Å²) >= 11 is 0.